The number of nitrogens with zero attached hydrogens (tertiary/aromatic N) is 2. The fourth-order valence-electron chi connectivity index (χ4n) is 4.08. The normalized spacial score (nSPS) is 23.6. The number of ether oxygens (including phenoxy) is 2. The van der Waals surface area contributed by atoms with Crippen LogP contribution in [-0.4, -0.2) is 69.6 Å². The SMILES string of the molecule is COc1ccc(OCCN2CC(=O)N(c3ccccc3)C3CS(=O)(=O)CC32)cc1. The van der Waals surface area contributed by atoms with E-state index in [0.29, 0.717) is 18.9 Å². The topological polar surface area (TPSA) is 76.2 Å². The molecule has 2 aromatic rings. The first-order chi connectivity index (χ1) is 14.0. The van der Waals surface area contributed by atoms with Crippen LogP contribution in [0.5, 0.6) is 11.5 Å². The van der Waals surface area contributed by atoms with E-state index < -0.39 is 9.84 Å². The van der Waals surface area contributed by atoms with Gasteiger partial charge in [-0.2, -0.15) is 0 Å². The first-order valence-electron chi connectivity index (χ1n) is 9.55. The number of carbonyl (C=O) groups excluding carboxylic acids is 1. The Morgan fingerprint density at radius 3 is 2.31 bits per heavy atom. The van der Waals surface area contributed by atoms with Crippen molar-refractivity contribution in [3.63, 3.8) is 0 Å². The molecule has 0 radical (unpaired) electrons. The number of hydrogen-bond acceptors (Lipinski definition) is 6. The second-order valence-corrected chi connectivity index (χ2v) is 9.46. The minimum Gasteiger partial charge on any atom is -0.497 e. The Balaban J connectivity index is 1.46. The quantitative estimate of drug-likeness (QED) is 0.712. The van der Waals surface area contributed by atoms with Gasteiger partial charge >= 0.3 is 0 Å². The molecular formula is C21H24N2O5S. The number of amides is 1. The number of anilines is 1. The maximum Gasteiger partial charge on any atom is 0.241 e. The Morgan fingerprint density at radius 1 is 0.966 bits per heavy atom. The molecule has 2 aromatic carbocycles. The predicted octanol–water partition coefficient (Wildman–Crippen LogP) is 1.59. The molecule has 0 aromatic heterocycles. The summed E-state index contributed by atoms with van der Waals surface area (Å²) in [6.45, 7) is 1.03. The molecule has 2 fully saturated rings. The van der Waals surface area contributed by atoms with Crippen molar-refractivity contribution in [1.29, 1.82) is 0 Å². The first kappa shape index (κ1) is 19.7. The molecule has 0 spiro atoms. The third kappa shape index (κ3) is 4.23. The molecule has 2 heterocycles. The summed E-state index contributed by atoms with van der Waals surface area (Å²) in [7, 11) is -1.60. The number of sulfone groups is 1. The van der Waals surface area contributed by atoms with Crippen LogP contribution in [0.4, 0.5) is 5.69 Å². The van der Waals surface area contributed by atoms with Crippen molar-refractivity contribution < 1.29 is 22.7 Å². The van der Waals surface area contributed by atoms with E-state index in [-0.39, 0.29) is 36.0 Å². The molecule has 7 nitrogen and oxygen atoms in total. The standard InChI is InChI=1S/C21H24N2O5S/c1-27-17-7-9-18(10-8-17)28-12-11-22-13-21(24)23(16-5-3-2-4-6-16)20-15-29(25,26)14-19(20)22/h2-10,19-20H,11-15H2,1H3. The average molecular weight is 416 g/mol. The molecule has 154 valence electrons. The van der Waals surface area contributed by atoms with Gasteiger partial charge in [0, 0.05) is 18.3 Å². The number of methoxy groups -OCH3 is 1. The largest absolute Gasteiger partial charge is 0.497 e. The molecule has 2 saturated heterocycles. The Kier molecular flexibility index (Phi) is 5.47. The van der Waals surface area contributed by atoms with Gasteiger partial charge in [-0.1, -0.05) is 18.2 Å². The number of carbonyl (C=O) groups is 1. The van der Waals surface area contributed by atoms with Gasteiger partial charge in [-0.15, -0.1) is 0 Å². The van der Waals surface area contributed by atoms with E-state index in [9.17, 15) is 13.2 Å². The Morgan fingerprint density at radius 2 is 1.62 bits per heavy atom. The maximum atomic E-state index is 12.9. The number of piperazine rings is 1. The van der Waals surface area contributed by atoms with E-state index in [0.717, 1.165) is 11.4 Å². The van der Waals surface area contributed by atoms with Gasteiger partial charge in [0.05, 0.1) is 31.2 Å². The third-order valence-corrected chi connectivity index (χ3v) is 7.14. The third-order valence-electron chi connectivity index (χ3n) is 5.44. The van der Waals surface area contributed by atoms with Crippen molar-refractivity contribution in [3.8, 4) is 11.5 Å². The van der Waals surface area contributed by atoms with Crippen molar-refractivity contribution in [2.24, 2.45) is 0 Å². The molecule has 29 heavy (non-hydrogen) atoms. The van der Waals surface area contributed by atoms with E-state index >= 15 is 0 Å². The molecule has 2 unspecified atom stereocenters. The highest BCUT2D eigenvalue weighted by molar-refractivity contribution is 7.91. The molecular weight excluding hydrogens is 392 g/mol. The molecule has 2 atom stereocenters. The van der Waals surface area contributed by atoms with Crippen molar-refractivity contribution in [2.75, 3.05) is 43.2 Å². The smallest absolute Gasteiger partial charge is 0.241 e. The van der Waals surface area contributed by atoms with Crippen molar-refractivity contribution >= 4 is 21.4 Å². The lowest BCUT2D eigenvalue weighted by Crippen LogP contribution is -2.62. The molecule has 8 heteroatoms. The summed E-state index contributed by atoms with van der Waals surface area (Å²) in [6, 6.07) is 16.0. The molecule has 4 rings (SSSR count). The number of rotatable bonds is 6. The monoisotopic (exact) mass is 416 g/mol. The predicted molar refractivity (Wildman–Crippen MR) is 110 cm³/mol. The fraction of sp³-hybridized carbons (Fsp3) is 0.381. The molecule has 0 saturated carbocycles. The van der Waals surface area contributed by atoms with E-state index in [2.05, 4.69) is 0 Å². The van der Waals surface area contributed by atoms with Crippen molar-refractivity contribution in [1.82, 2.24) is 4.90 Å². The van der Waals surface area contributed by atoms with Crippen LogP contribution in [-0.2, 0) is 14.6 Å². The van der Waals surface area contributed by atoms with Gasteiger partial charge in [-0.25, -0.2) is 8.42 Å². The zero-order chi connectivity index (χ0) is 20.4. The summed E-state index contributed by atoms with van der Waals surface area (Å²) >= 11 is 0. The summed E-state index contributed by atoms with van der Waals surface area (Å²) in [4.78, 5) is 16.5. The number of fused-ring (bicyclic) bond motifs is 1. The lowest BCUT2D eigenvalue weighted by atomic mass is 10.0. The van der Waals surface area contributed by atoms with Crippen LogP contribution in [0.1, 0.15) is 0 Å². The summed E-state index contributed by atoms with van der Waals surface area (Å²) in [5.41, 5.74) is 0.749. The Bertz CT molecular complexity index is 962. The average Bonchev–Trinajstić information content (AvgIpc) is 3.04. The van der Waals surface area contributed by atoms with Gasteiger partial charge in [-0.3, -0.25) is 9.69 Å². The lowest BCUT2D eigenvalue weighted by molar-refractivity contribution is -0.123. The van der Waals surface area contributed by atoms with Crippen molar-refractivity contribution in [3.05, 3.63) is 54.6 Å². The minimum absolute atomic E-state index is 0.00582. The van der Waals surface area contributed by atoms with E-state index in [1.807, 2.05) is 59.5 Å². The molecule has 0 N–H and O–H groups in total. The Labute approximate surface area is 170 Å². The van der Waals surface area contributed by atoms with Gasteiger partial charge < -0.3 is 14.4 Å². The van der Waals surface area contributed by atoms with Crippen LogP contribution in [0.3, 0.4) is 0 Å². The van der Waals surface area contributed by atoms with E-state index in [1.165, 1.54) is 0 Å². The van der Waals surface area contributed by atoms with Crippen molar-refractivity contribution in [2.45, 2.75) is 12.1 Å². The molecule has 2 aliphatic rings. The second kappa shape index (κ2) is 8.04. The van der Waals surface area contributed by atoms with E-state index in [4.69, 9.17) is 9.47 Å². The molecule has 1 amide bonds. The highest BCUT2D eigenvalue weighted by Gasteiger charge is 2.49. The summed E-state index contributed by atoms with van der Waals surface area (Å²) in [5.74, 6) is 1.43. The van der Waals surface area contributed by atoms with Gasteiger partial charge in [0.15, 0.2) is 9.84 Å². The van der Waals surface area contributed by atoms with Gasteiger partial charge in [0.25, 0.3) is 0 Å². The Hall–Kier alpha value is -2.58. The molecule has 0 bridgehead atoms. The first-order valence-corrected chi connectivity index (χ1v) is 11.4. The summed E-state index contributed by atoms with van der Waals surface area (Å²) in [6.07, 6.45) is 0. The fourth-order valence-corrected chi connectivity index (χ4v) is 6.06. The number of hydrogen-bond donors (Lipinski definition) is 0. The van der Waals surface area contributed by atoms with E-state index in [1.54, 1.807) is 12.0 Å². The minimum atomic E-state index is -3.20. The van der Waals surface area contributed by atoms with Crippen LogP contribution in [0.25, 0.3) is 0 Å². The van der Waals surface area contributed by atoms with Gasteiger partial charge in [0.1, 0.15) is 18.1 Å². The maximum absolute atomic E-state index is 12.9. The lowest BCUT2D eigenvalue weighted by Gasteiger charge is -2.43. The van der Waals surface area contributed by atoms with Crippen LogP contribution < -0.4 is 14.4 Å². The number of benzene rings is 2. The number of para-hydroxylation sites is 1. The molecule has 0 aliphatic carbocycles. The van der Waals surface area contributed by atoms with Gasteiger partial charge in [0.2, 0.25) is 5.91 Å². The zero-order valence-electron chi connectivity index (χ0n) is 16.2. The molecule has 2 aliphatic heterocycles. The van der Waals surface area contributed by atoms with Crippen LogP contribution in [0.15, 0.2) is 54.6 Å². The van der Waals surface area contributed by atoms with Crippen LogP contribution in [0.2, 0.25) is 0 Å². The van der Waals surface area contributed by atoms with Gasteiger partial charge in [-0.05, 0) is 36.4 Å². The highest BCUT2D eigenvalue weighted by atomic mass is 32.2. The van der Waals surface area contributed by atoms with Crippen LogP contribution in [0, 0.1) is 0 Å². The highest BCUT2D eigenvalue weighted by Crippen LogP contribution is 2.31. The van der Waals surface area contributed by atoms with Crippen LogP contribution >= 0.6 is 0 Å². The second-order valence-electron chi connectivity index (χ2n) is 7.31. The summed E-state index contributed by atoms with van der Waals surface area (Å²) < 4.78 is 35.7. The summed E-state index contributed by atoms with van der Waals surface area (Å²) in [5, 5.41) is 0. The zero-order valence-corrected chi connectivity index (χ0v) is 17.0.